The lowest BCUT2D eigenvalue weighted by atomic mass is 10.1. The minimum absolute atomic E-state index is 0.00478. The van der Waals surface area contributed by atoms with Crippen molar-refractivity contribution < 1.29 is 19.1 Å². The van der Waals surface area contributed by atoms with E-state index in [1.165, 1.54) is 12.8 Å². The third-order valence-electron chi connectivity index (χ3n) is 5.78. The van der Waals surface area contributed by atoms with Gasteiger partial charge in [0.25, 0.3) is 11.8 Å². The molecule has 1 aliphatic carbocycles. The van der Waals surface area contributed by atoms with Gasteiger partial charge in [-0.05, 0) is 49.9 Å². The first kappa shape index (κ1) is 21.4. The minimum Gasteiger partial charge on any atom is -0.484 e. The number of benzene rings is 2. The molecule has 4 rings (SSSR count). The molecule has 0 aromatic heterocycles. The lowest BCUT2D eigenvalue weighted by Crippen LogP contribution is -2.51. The summed E-state index contributed by atoms with van der Waals surface area (Å²) >= 11 is 0. The van der Waals surface area contributed by atoms with E-state index in [0.29, 0.717) is 43.5 Å². The summed E-state index contributed by atoms with van der Waals surface area (Å²) in [6.07, 6.45) is 2.15. The molecular formula is C25H30N2O4. The second kappa shape index (κ2) is 9.96. The Labute approximate surface area is 183 Å². The number of amides is 2. The fourth-order valence-electron chi connectivity index (χ4n) is 3.79. The van der Waals surface area contributed by atoms with Crippen LogP contribution < -0.4 is 4.74 Å². The number of nitrogens with zero attached hydrogens (tertiary/aromatic N) is 2. The summed E-state index contributed by atoms with van der Waals surface area (Å²) in [6, 6.07) is 17.0. The second-order valence-electron chi connectivity index (χ2n) is 8.45. The maximum absolute atomic E-state index is 13.1. The zero-order valence-electron chi connectivity index (χ0n) is 18.0. The van der Waals surface area contributed by atoms with E-state index in [4.69, 9.17) is 9.47 Å². The van der Waals surface area contributed by atoms with E-state index in [0.717, 1.165) is 12.1 Å². The van der Waals surface area contributed by atoms with Gasteiger partial charge in [-0.2, -0.15) is 0 Å². The quantitative estimate of drug-likeness (QED) is 0.656. The maximum atomic E-state index is 13.1. The lowest BCUT2D eigenvalue weighted by Gasteiger charge is -2.36. The SMILES string of the molecule is Cc1ccc(C(=O)N(CC2CC2)CC2CN(C(=O)COc3ccccc3)CCO2)cc1. The first-order valence-corrected chi connectivity index (χ1v) is 11.0. The molecule has 6 nitrogen and oxygen atoms in total. The summed E-state index contributed by atoms with van der Waals surface area (Å²) < 4.78 is 11.5. The van der Waals surface area contributed by atoms with Crippen molar-refractivity contribution in [3.05, 3.63) is 65.7 Å². The molecule has 2 amide bonds. The van der Waals surface area contributed by atoms with Crippen molar-refractivity contribution in [2.75, 3.05) is 39.4 Å². The van der Waals surface area contributed by atoms with E-state index in [-0.39, 0.29) is 24.5 Å². The van der Waals surface area contributed by atoms with Gasteiger partial charge in [-0.25, -0.2) is 0 Å². The summed E-state index contributed by atoms with van der Waals surface area (Å²) in [7, 11) is 0. The van der Waals surface area contributed by atoms with E-state index >= 15 is 0 Å². The smallest absolute Gasteiger partial charge is 0.260 e. The Morgan fingerprint density at radius 2 is 1.81 bits per heavy atom. The number of hydrogen-bond donors (Lipinski definition) is 0. The highest BCUT2D eigenvalue weighted by Crippen LogP contribution is 2.30. The van der Waals surface area contributed by atoms with E-state index < -0.39 is 0 Å². The predicted octanol–water partition coefficient (Wildman–Crippen LogP) is 3.15. The Bertz CT molecular complexity index is 880. The minimum atomic E-state index is -0.192. The molecule has 1 aliphatic heterocycles. The van der Waals surface area contributed by atoms with Gasteiger partial charge in [-0.1, -0.05) is 35.9 Å². The summed E-state index contributed by atoms with van der Waals surface area (Å²) in [4.78, 5) is 29.5. The molecule has 31 heavy (non-hydrogen) atoms. The Balaban J connectivity index is 1.34. The number of carbonyl (C=O) groups is 2. The number of ether oxygens (including phenoxy) is 2. The third-order valence-corrected chi connectivity index (χ3v) is 5.78. The van der Waals surface area contributed by atoms with Gasteiger partial charge < -0.3 is 19.3 Å². The topological polar surface area (TPSA) is 59.1 Å². The van der Waals surface area contributed by atoms with Crippen molar-refractivity contribution >= 4 is 11.8 Å². The van der Waals surface area contributed by atoms with Gasteiger partial charge >= 0.3 is 0 Å². The van der Waals surface area contributed by atoms with Gasteiger partial charge in [0, 0.05) is 31.7 Å². The predicted molar refractivity (Wildman–Crippen MR) is 118 cm³/mol. The van der Waals surface area contributed by atoms with Crippen LogP contribution in [-0.4, -0.2) is 67.1 Å². The fourth-order valence-corrected chi connectivity index (χ4v) is 3.79. The Kier molecular flexibility index (Phi) is 6.87. The van der Waals surface area contributed by atoms with Crippen LogP contribution in [0, 0.1) is 12.8 Å². The zero-order chi connectivity index (χ0) is 21.6. The summed E-state index contributed by atoms with van der Waals surface area (Å²) in [6.45, 7) is 4.74. The van der Waals surface area contributed by atoms with Crippen molar-refractivity contribution in [1.82, 2.24) is 9.80 Å². The molecule has 0 spiro atoms. The van der Waals surface area contributed by atoms with E-state index in [2.05, 4.69) is 0 Å². The number of aryl methyl sites for hydroxylation is 1. The van der Waals surface area contributed by atoms with Crippen molar-refractivity contribution in [3.63, 3.8) is 0 Å². The van der Waals surface area contributed by atoms with Crippen LogP contribution in [0.3, 0.4) is 0 Å². The van der Waals surface area contributed by atoms with Crippen LogP contribution in [0.5, 0.6) is 5.75 Å². The van der Waals surface area contributed by atoms with E-state index in [1.807, 2.05) is 66.4 Å². The van der Waals surface area contributed by atoms with Gasteiger partial charge in [0.05, 0.1) is 12.7 Å². The van der Waals surface area contributed by atoms with Gasteiger partial charge in [0.1, 0.15) is 5.75 Å². The molecule has 2 aromatic carbocycles. The number of hydrogen-bond acceptors (Lipinski definition) is 4. The van der Waals surface area contributed by atoms with Crippen molar-refractivity contribution in [2.24, 2.45) is 5.92 Å². The molecule has 164 valence electrons. The largest absolute Gasteiger partial charge is 0.484 e. The molecule has 6 heteroatoms. The van der Waals surface area contributed by atoms with Crippen LogP contribution in [0.15, 0.2) is 54.6 Å². The number of morpholine rings is 1. The van der Waals surface area contributed by atoms with Crippen LogP contribution in [0.25, 0.3) is 0 Å². The van der Waals surface area contributed by atoms with E-state index in [1.54, 1.807) is 4.90 Å². The van der Waals surface area contributed by atoms with Crippen molar-refractivity contribution in [1.29, 1.82) is 0 Å². The standard InChI is InChI=1S/C25H30N2O4/c1-19-7-11-21(12-8-19)25(29)27(15-20-9-10-20)17-23-16-26(13-14-30-23)24(28)18-31-22-5-3-2-4-6-22/h2-8,11-12,20,23H,9-10,13-18H2,1H3. The molecule has 1 saturated carbocycles. The highest BCUT2D eigenvalue weighted by atomic mass is 16.5. The average Bonchev–Trinajstić information content (AvgIpc) is 3.62. The molecule has 1 unspecified atom stereocenters. The normalized spacial score (nSPS) is 18.5. The molecule has 1 saturated heterocycles. The summed E-state index contributed by atoms with van der Waals surface area (Å²) in [5, 5.41) is 0. The van der Waals surface area contributed by atoms with Crippen LogP contribution in [-0.2, 0) is 9.53 Å². The third kappa shape index (κ3) is 6.07. The zero-order valence-corrected chi connectivity index (χ0v) is 18.0. The van der Waals surface area contributed by atoms with Crippen LogP contribution in [0.4, 0.5) is 0 Å². The Morgan fingerprint density at radius 3 is 2.52 bits per heavy atom. The number of rotatable bonds is 8. The van der Waals surface area contributed by atoms with Crippen LogP contribution in [0.2, 0.25) is 0 Å². The average molecular weight is 423 g/mol. The first-order chi connectivity index (χ1) is 15.1. The Hall–Kier alpha value is -2.86. The van der Waals surface area contributed by atoms with Crippen molar-refractivity contribution in [2.45, 2.75) is 25.9 Å². The number of carbonyl (C=O) groups excluding carboxylic acids is 2. The summed E-state index contributed by atoms with van der Waals surface area (Å²) in [5.41, 5.74) is 1.83. The molecule has 1 heterocycles. The molecule has 0 radical (unpaired) electrons. The van der Waals surface area contributed by atoms with Crippen LogP contribution in [0.1, 0.15) is 28.8 Å². The molecule has 2 aliphatic rings. The number of para-hydroxylation sites is 1. The van der Waals surface area contributed by atoms with E-state index in [9.17, 15) is 9.59 Å². The molecule has 2 fully saturated rings. The monoisotopic (exact) mass is 422 g/mol. The molecular weight excluding hydrogens is 392 g/mol. The summed E-state index contributed by atoms with van der Waals surface area (Å²) in [5.74, 6) is 1.23. The van der Waals surface area contributed by atoms with Gasteiger partial charge in [-0.3, -0.25) is 9.59 Å². The second-order valence-corrected chi connectivity index (χ2v) is 8.45. The highest BCUT2D eigenvalue weighted by molar-refractivity contribution is 5.94. The van der Waals surface area contributed by atoms with Gasteiger partial charge in [0.15, 0.2) is 6.61 Å². The molecule has 0 N–H and O–H groups in total. The fraction of sp³-hybridized carbons (Fsp3) is 0.440. The first-order valence-electron chi connectivity index (χ1n) is 11.0. The van der Waals surface area contributed by atoms with Crippen molar-refractivity contribution in [3.8, 4) is 5.75 Å². The maximum Gasteiger partial charge on any atom is 0.260 e. The molecule has 2 aromatic rings. The van der Waals surface area contributed by atoms with Gasteiger partial charge in [0.2, 0.25) is 0 Å². The highest BCUT2D eigenvalue weighted by Gasteiger charge is 2.31. The molecule has 0 bridgehead atoms. The molecule has 1 atom stereocenters. The lowest BCUT2D eigenvalue weighted by molar-refractivity contribution is -0.141. The van der Waals surface area contributed by atoms with Gasteiger partial charge in [-0.15, -0.1) is 0 Å². The Morgan fingerprint density at radius 1 is 1.06 bits per heavy atom. The van der Waals surface area contributed by atoms with Crippen LogP contribution >= 0.6 is 0 Å².